The fraction of sp³-hybridized carbons (Fsp3) is 0.500. The highest BCUT2D eigenvalue weighted by Gasteiger charge is 2.46. The topological polar surface area (TPSA) is 37.4 Å². The molecule has 0 amide bonds. The highest BCUT2D eigenvalue weighted by Crippen LogP contribution is 2.34. The van der Waals surface area contributed by atoms with Gasteiger partial charge in [0, 0.05) is 17.1 Å². The van der Waals surface area contributed by atoms with Gasteiger partial charge in [-0.2, -0.15) is 4.31 Å². The average molecular weight is 316 g/mol. The van der Waals surface area contributed by atoms with Crippen molar-refractivity contribution in [3.63, 3.8) is 0 Å². The van der Waals surface area contributed by atoms with Crippen molar-refractivity contribution in [1.29, 1.82) is 0 Å². The van der Waals surface area contributed by atoms with Crippen LogP contribution in [-0.2, 0) is 22.9 Å². The molecule has 0 spiro atoms. The van der Waals surface area contributed by atoms with Gasteiger partial charge in [0.15, 0.2) is 0 Å². The molecule has 2 aliphatic rings. The van der Waals surface area contributed by atoms with Gasteiger partial charge in [0.2, 0.25) is 10.0 Å². The maximum absolute atomic E-state index is 11.9. The number of nitrogens with zero attached hydrogens (tertiary/aromatic N) is 1. The van der Waals surface area contributed by atoms with Crippen molar-refractivity contribution in [2.75, 3.05) is 6.54 Å². The molecule has 1 aromatic carbocycles. The largest absolute Gasteiger partial charge is 0.218 e. The number of sulfonamides is 1. The summed E-state index contributed by atoms with van der Waals surface area (Å²) in [6.45, 7) is 2.46. The predicted molar refractivity (Wildman–Crippen MR) is 70.4 cm³/mol. The summed E-state index contributed by atoms with van der Waals surface area (Å²) in [6, 6.07) is 6.36. The molecule has 3 nitrogen and oxygen atoms in total. The molecule has 1 aliphatic heterocycles. The predicted octanol–water partition coefficient (Wildman–Crippen LogP) is 1.95. The van der Waals surface area contributed by atoms with E-state index in [-0.39, 0.29) is 11.3 Å². The summed E-state index contributed by atoms with van der Waals surface area (Å²) in [6.07, 6.45) is 1.70. The van der Waals surface area contributed by atoms with Crippen molar-refractivity contribution in [3.8, 4) is 0 Å². The first-order valence-electron chi connectivity index (χ1n) is 5.76. The van der Waals surface area contributed by atoms with Gasteiger partial charge >= 0.3 is 0 Å². The van der Waals surface area contributed by atoms with Gasteiger partial charge in [0.25, 0.3) is 0 Å². The third kappa shape index (κ3) is 1.75. The Morgan fingerprint density at radius 3 is 2.65 bits per heavy atom. The molecule has 5 heteroatoms. The number of hydrogen-bond donors (Lipinski definition) is 0. The zero-order valence-electron chi connectivity index (χ0n) is 9.56. The molecule has 17 heavy (non-hydrogen) atoms. The Morgan fingerprint density at radius 1 is 1.29 bits per heavy atom. The first-order valence-corrected chi connectivity index (χ1v) is 8.06. The van der Waals surface area contributed by atoms with Crippen molar-refractivity contribution in [2.45, 2.75) is 31.1 Å². The molecule has 3 rings (SSSR count). The second-order valence-electron chi connectivity index (χ2n) is 4.90. The van der Waals surface area contributed by atoms with Gasteiger partial charge in [-0.3, -0.25) is 0 Å². The molecule has 2 atom stereocenters. The Labute approximate surface area is 110 Å². The molecule has 1 heterocycles. The fourth-order valence-electron chi connectivity index (χ4n) is 2.72. The summed E-state index contributed by atoms with van der Waals surface area (Å²) in [5.74, 6) is 0. The first-order chi connectivity index (χ1) is 7.98. The zero-order chi connectivity index (χ0) is 12.2. The van der Waals surface area contributed by atoms with Crippen LogP contribution in [0.5, 0.6) is 0 Å². The highest BCUT2D eigenvalue weighted by atomic mass is 79.9. The first kappa shape index (κ1) is 11.7. The Morgan fingerprint density at radius 2 is 2.00 bits per heavy atom. The van der Waals surface area contributed by atoms with E-state index in [1.807, 2.05) is 6.07 Å². The summed E-state index contributed by atoms with van der Waals surface area (Å²) in [4.78, 5) is 0. The summed E-state index contributed by atoms with van der Waals surface area (Å²) >= 11 is 3.45. The van der Waals surface area contributed by atoms with Crippen molar-refractivity contribution < 1.29 is 8.42 Å². The molecular weight excluding hydrogens is 302 g/mol. The van der Waals surface area contributed by atoms with E-state index in [1.165, 1.54) is 11.1 Å². The molecular formula is C12H14BrNO2S. The molecule has 1 fully saturated rings. The van der Waals surface area contributed by atoms with Crippen LogP contribution in [0.3, 0.4) is 0 Å². The van der Waals surface area contributed by atoms with Crippen LogP contribution >= 0.6 is 15.9 Å². The molecule has 1 aliphatic carbocycles. The molecule has 0 bridgehead atoms. The number of hydrogen-bond acceptors (Lipinski definition) is 2. The van der Waals surface area contributed by atoms with Gasteiger partial charge in [-0.15, -0.1) is 0 Å². The lowest BCUT2D eigenvalue weighted by Crippen LogP contribution is -2.58. The van der Waals surface area contributed by atoms with Crippen LogP contribution < -0.4 is 0 Å². The standard InChI is InChI=1S/C12H14BrNO2S/c1-8-7-14(17(8,15)16)12-5-9-2-3-11(13)4-10(9)6-12/h2-4,8,12H,5-7H2,1H3/t8?,12-/m0/s1. The molecule has 1 unspecified atom stereocenters. The minimum absolute atomic E-state index is 0.139. The molecule has 0 saturated carbocycles. The van der Waals surface area contributed by atoms with Crippen molar-refractivity contribution in [2.24, 2.45) is 0 Å². The smallest absolute Gasteiger partial charge is 0.212 e. The maximum Gasteiger partial charge on any atom is 0.218 e. The lowest BCUT2D eigenvalue weighted by molar-refractivity contribution is 0.280. The molecule has 1 aromatic rings. The maximum atomic E-state index is 11.9. The second kappa shape index (κ2) is 3.80. The number of benzene rings is 1. The fourth-order valence-corrected chi connectivity index (χ4v) is 4.68. The van der Waals surface area contributed by atoms with Gasteiger partial charge in [-0.1, -0.05) is 22.0 Å². The van der Waals surface area contributed by atoms with E-state index >= 15 is 0 Å². The number of rotatable bonds is 1. The van der Waals surface area contributed by atoms with Crippen LogP contribution in [-0.4, -0.2) is 30.6 Å². The summed E-state index contributed by atoms with van der Waals surface area (Å²) < 4.78 is 26.5. The van der Waals surface area contributed by atoms with E-state index < -0.39 is 10.0 Å². The molecule has 0 N–H and O–H groups in total. The van der Waals surface area contributed by atoms with Gasteiger partial charge in [0.05, 0.1) is 5.25 Å². The van der Waals surface area contributed by atoms with E-state index in [4.69, 9.17) is 0 Å². The second-order valence-corrected chi connectivity index (χ2v) is 8.12. The minimum atomic E-state index is -2.99. The zero-order valence-corrected chi connectivity index (χ0v) is 12.0. The highest BCUT2D eigenvalue weighted by molar-refractivity contribution is 9.10. The van der Waals surface area contributed by atoms with Crippen LogP contribution in [0.4, 0.5) is 0 Å². The minimum Gasteiger partial charge on any atom is -0.212 e. The summed E-state index contributed by atoms with van der Waals surface area (Å²) in [5, 5.41) is -0.196. The Balaban J connectivity index is 1.84. The Kier molecular flexibility index (Phi) is 2.61. The molecule has 0 aromatic heterocycles. The number of fused-ring (bicyclic) bond motifs is 1. The van der Waals surface area contributed by atoms with Crippen molar-refractivity contribution >= 4 is 26.0 Å². The quantitative estimate of drug-likeness (QED) is 0.794. The van der Waals surface area contributed by atoms with Crippen molar-refractivity contribution in [3.05, 3.63) is 33.8 Å². The lowest BCUT2D eigenvalue weighted by Gasteiger charge is -2.40. The van der Waals surface area contributed by atoms with Crippen LogP contribution in [0.15, 0.2) is 22.7 Å². The lowest BCUT2D eigenvalue weighted by atomic mass is 10.1. The van der Waals surface area contributed by atoms with E-state index in [0.29, 0.717) is 6.54 Å². The van der Waals surface area contributed by atoms with Crippen LogP contribution in [0.2, 0.25) is 0 Å². The molecule has 92 valence electrons. The van der Waals surface area contributed by atoms with Crippen LogP contribution in [0, 0.1) is 0 Å². The van der Waals surface area contributed by atoms with Gasteiger partial charge in [-0.05, 0) is 43.0 Å². The average Bonchev–Trinajstić information content (AvgIpc) is 2.67. The molecule has 1 saturated heterocycles. The summed E-state index contributed by atoms with van der Waals surface area (Å²) in [7, 11) is -2.99. The Bertz CT molecular complexity index is 570. The van der Waals surface area contributed by atoms with Gasteiger partial charge < -0.3 is 0 Å². The van der Waals surface area contributed by atoms with Crippen molar-refractivity contribution in [1.82, 2.24) is 4.31 Å². The third-order valence-electron chi connectivity index (χ3n) is 3.76. The monoisotopic (exact) mass is 315 g/mol. The van der Waals surface area contributed by atoms with Crippen LogP contribution in [0.25, 0.3) is 0 Å². The Hall–Kier alpha value is -0.390. The van der Waals surface area contributed by atoms with Gasteiger partial charge in [-0.25, -0.2) is 8.42 Å². The van der Waals surface area contributed by atoms with E-state index in [2.05, 4.69) is 28.1 Å². The van der Waals surface area contributed by atoms with E-state index in [9.17, 15) is 8.42 Å². The molecule has 0 radical (unpaired) electrons. The third-order valence-corrected chi connectivity index (χ3v) is 6.52. The van der Waals surface area contributed by atoms with E-state index in [1.54, 1.807) is 11.2 Å². The summed E-state index contributed by atoms with van der Waals surface area (Å²) in [5.41, 5.74) is 2.56. The van der Waals surface area contributed by atoms with Gasteiger partial charge in [0.1, 0.15) is 0 Å². The SMILES string of the molecule is CC1CN([C@H]2Cc3ccc(Br)cc3C2)S1(=O)=O. The van der Waals surface area contributed by atoms with Crippen LogP contribution in [0.1, 0.15) is 18.1 Å². The normalized spacial score (nSPS) is 30.9. The van der Waals surface area contributed by atoms with E-state index in [0.717, 1.165) is 17.3 Å². The number of halogens is 1.